The Morgan fingerprint density at radius 3 is 2.76 bits per heavy atom. The van der Waals surface area contributed by atoms with Crippen molar-refractivity contribution in [3.63, 3.8) is 0 Å². The van der Waals surface area contributed by atoms with Gasteiger partial charge in [-0.15, -0.1) is 0 Å². The summed E-state index contributed by atoms with van der Waals surface area (Å²) in [7, 11) is 0. The Hall–Kier alpha value is -1.79. The van der Waals surface area contributed by atoms with Crippen molar-refractivity contribution in [1.29, 1.82) is 0 Å². The van der Waals surface area contributed by atoms with Crippen LogP contribution in [-0.4, -0.2) is 23.7 Å². The molecule has 0 aromatic heterocycles. The van der Waals surface area contributed by atoms with Gasteiger partial charge in [-0.1, -0.05) is 38.2 Å². The van der Waals surface area contributed by atoms with Gasteiger partial charge in [0.15, 0.2) is 0 Å². The molecule has 1 rings (SSSR count). The number of benzene rings is 1. The van der Waals surface area contributed by atoms with Gasteiger partial charge in [0.1, 0.15) is 0 Å². The molecule has 3 heteroatoms. The third-order valence-corrected chi connectivity index (χ3v) is 3.34. The van der Waals surface area contributed by atoms with Gasteiger partial charge in [0, 0.05) is 18.0 Å². The van der Waals surface area contributed by atoms with Gasteiger partial charge in [0.25, 0.3) is 5.91 Å². The monoisotopic (exact) mass is 287 g/mol. The molecule has 2 N–H and O–H groups in total. The largest absolute Gasteiger partial charge is 0.395 e. The summed E-state index contributed by atoms with van der Waals surface area (Å²) in [5.74, 6) is 5.81. The molecule has 0 saturated carbocycles. The fraction of sp³-hybridized carbons (Fsp3) is 0.500. The first kappa shape index (κ1) is 17.3. The molecule has 21 heavy (non-hydrogen) atoms. The molecule has 0 bridgehead atoms. The molecule has 1 amide bonds. The Labute approximate surface area is 127 Å². The highest BCUT2D eigenvalue weighted by Gasteiger charge is 2.14. The number of hydrogen-bond acceptors (Lipinski definition) is 2. The van der Waals surface area contributed by atoms with Crippen LogP contribution in [0.5, 0.6) is 0 Å². The number of aliphatic hydroxyl groups excluding tert-OH is 1. The number of rotatable bonds is 6. The maximum absolute atomic E-state index is 12.4. The Kier molecular flexibility index (Phi) is 7.56. The third-order valence-electron chi connectivity index (χ3n) is 3.34. The van der Waals surface area contributed by atoms with Crippen LogP contribution in [0.4, 0.5) is 0 Å². The van der Waals surface area contributed by atoms with Crippen LogP contribution in [0.15, 0.2) is 18.2 Å². The van der Waals surface area contributed by atoms with Gasteiger partial charge in [-0.25, -0.2) is 0 Å². The number of amides is 1. The highest BCUT2D eigenvalue weighted by Crippen LogP contribution is 2.12. The lowest BCUT2D eigenvalue weighted by atomic mass is 10.0. The molecule has 0 aliphatic heterocycles. The smallest absolute Gasteiger partial charge is 0.252 e. The molecule has 1 aromatic carbocycles. The molecule has 0 heterocycles. The Balaban J connectivity index is 2.95. The van der Waals surface area contributed by atoms with E-state index in [4.69, 9.17) is 5.11 Å². The van der Waals surface area contributed by atoms with Crippen LogP contribution in [0.25, 0.3) is 0 Å². The van der Waals surface area contributed by atoms with Crippen molar-refractivity contribution in [1.82, 2.24) is 5.32 Å². The molecule has 0 spiro atoms. The van der Waals surface area contributed by atoms with Gasteiger partial charge in [0.2, 0.25) is 0 Å². The van der Waals surface area contributed by atoms with Crippen LogP contribution in [0.1, 0.15) is 61.0 Å². The second kappa shape index (κ2) is 9.20. The van der Waals surface area contributed by atoms with E-state index in [9.17, 15) is 4.79 Å². The molecular formula is C18H25NO2. The highest BCUT2D eigenvalue weighted by molar-refractivity contribution is 5.97. The lowest BCUT2D eigenvalue weighted by molar-refractivity contribution is 0.0933. The molecule has 0 radical (unpaired) electrons. The van der Waals surface area contributed by atoms with Crippen LogP contribution in [0, 0.1) is 18.8 Å². The van der Waals surface area contributed by atoms with Crippen molar-refractivity contribution >= 4 is 5.91 Å². The minimum Gasteiger partial charge on any atom is -0.395 e. The van der Waals surface area contributed by atoms with Crippen molar-refractivity contribution in [3.8, 4) is 11.8 Å². The molecule has 3 nitrogen and oxygen atoms in total. The van der Waals surface area contributed by atoms with Crippen LogP contribution < -0.4 is 5.32 Å². The number of aliphatic hydroxyl groups is 1. The zero-order valence-corrected chi connectivity index (χ0v) is 13.2. The maximum Gasteiger partial charge on any atom is 0.252 e. The van der Waals surface area contributed by atoms with E-state index >= 15 is 0 Å². The van der Waals surface area contributed by atoms with E-state index in [1.807, 2.05) is 25.1 Å². The summed E-state index contributed by atoms with van der Waals surface area (Å²) in [6.45, 7) is 6.21. The quantitative estimate of drug-likeness (QED) is 0.790. The maximum atomic E-state index is 12.4. The molecule has 1 aromatic rings. The summed E-state index contributed by atoms with van der Waals surface area (Å²) in [5, 5.41) is 11.9. The molecular weight excluding hydrogens is 262 g/mol. The van der Waals surface area contributed by atoms with Gasteiger partial charge in [-0.05, 0) is 37.5 Å². The second-order valence-corrected chi connectivity index (χ2v) is 5.19. The van der Waals surface area contributed by atoms with Crippen LogP contribution in [0.3, 0.4) is 0 Å². The summed E-state index contributed by atoms with van der Waals surface area (Å²) < 4.78 is 0. The SMILES string of the molecule is CCCC(CC)NC(=O)c1ccc(C)cc1C#CCCO. The zero-order chi connectivity index (χ0) is 15.7. The average Bonchev–Trinajstić information content (AvgIpc) is 2.47. The van der Waals surface area contributed by atoms with Gasteiger partial charge in [-0.2, -0.15) is 0 Å². The van der Waals surface area contributed by atoms with Crippen molar-refractivity contribution in [2.75, 3.05) is 6.61 Å². The Morgan fingerprint density at radius 1 is 1.38 bits per heavy atom. The number of carbonyl (C=O) groups excluding carboxylic acids is 1. The van der Waals surface area contributed by atoms with Gasteiger partial charge >= 0.3 is 0 Å². The zero-order valence-electron chi connectivity index (χ0n) is 13.2. The fourth-order valence-electron chi connectivity index (χ4n) is 2.16. The van der Waals surface area contributed by atoms with Gasteiger partial charge < -0.3 is 10.4 Å². The predicted molar refractivity (Wildman–Crippen MR) is 86.2 cm³/mol. The van der Waals surface area contributed by atoms with Crippen molar-refractivity contribution in [3.05, 3.63) is 34.9 Å². The lowest BCUT2D eigenvalue weighted by Crippen LogP contribution is -2.34. The fourth-order valence-corrected chi connectivity index (χ4v) is 2.16. The summed E-state index contributed by atoms with van der Waals surface area (Å²) in [5.41, 5.74) is 2.41. The topological polar surface area (TPSA) is 49.3 Å². The second-order valence-electron chi connectivity index (χ2n) is 5.19. The van der Waals surface area contributed by atoms with Crippen LogP contribution in [-0.2, 0) is 0 Å². The summed E-state index contributed by atoms with van der Waals surface area (Å²) in [6.07, 6.45) is 3.38. The minimum atomic E-state index is -0.0661. The van der Waals surface area contributed by atoms with Crippen molar-refractivity contribution in [2.45, 2.75) is 52.5 Å². The minimum absolute atomic E-state index is 0.0365. The summed E-state index contributed by atoms with van der Waals surface area (Å²) in [4.78, 5) is 12.4. The van der Waals surface area contributed by atoms with E-state index in [1.165, 1.54) is 0 Å². The Morgan fingerprint density at radius 2 is 2.14 bits per heavy atom. The van der Waals surface area contributed by atoms with Gasteiger partial charge in [0.05, 0.1) is 12.2 Å². The van der Waals surface area contributed by atoms with E-state index in [2.05, 4.69) is 31.0 Å². The van der Waals surface area contributed by atoms with Gasteiger partial charge in [-0.3, -0.25) is 4.79 Å². The van der Waals surface area contributed by atoms with E-state index in [0.717, 1.165) is 30.4 Å². The number of nitrogens with one attached hydrogen (secondary N) is 1. The first-order valence-electron chi connectivity index (χ1n) is 7.63. The summed E-state index contributed by atoms with van der Waals surface area (Å²) >= 11 is 0. The van der Waals surface area contributed by atoms with E-state index in [0.29, 0.717) is 12.0 Å². The molecule has 0 aliphatic carbocycles. The van der Waals surface area contributed by atoms with Crippen LogP contribution >= 0.6 is 0 Å². The molecule has 1 unspecified atom stereocenters. The number of hydrogen-bond donors (Lipinski definition) is 2. The molecule has 1 atom stereocenters. The molecule has 0 saturated heterocycles. The highest BCUT2D eigenvalue weighted by atomic mass is 16.2. The number of aryl methyl sites for hydroxylation is 1. The lowest BCUT2D eigenvalue weighted by Gasteiger charge is -2.16. The third kappa shape index (κ3) is 5.61. The number of carbonyl (C=O) groups is 1. The summed E-state index contributed by atoms with van der Waals surface area (Å²) in [6, 6.07) is 5.88. The van der Waals surface area contributed by atoms with Crippen LogP contribution in [0.2, 0.25) is 0 Å². The van der Waals surface area contributed by atoms with E-state index in [-0.39, 0.29) is 18.6 Å². The normalized spacial score (nSPS) is 11.4. The molecule has 114 valence electrons. The Bertz CT molecular complexity index is 526. The predicted octanol–water partition coefficient (Wildman–Crippen LogP) is 3.04. The first-order chi connectivity index (χ1) is 10.1. The van der Waals surface area contributed by atoms with Crippen molar-refractivity contribution in [2.24, 2.45) is 0 Å². The first-order valence-corrected chi connectivity index (χ1v) is 7.63. The molecule has 0 aliphatic rings. The van der Waals surface area contributed by atoms with Crippen molar-refractivity contribution < 1.29 is 9.90 Å². The van der Waals surface area contributed by atoms with E-state index < -0.39 is 0 Å². The standard InChI is InChI=1S/C18H25NO2/c1-4-8-16(5-2)19-18(21)17-11-10-14(3)13-15(17)9-6-7-12-20/h10-11,13,16,20H,4-5,7-8,12H2,1-3H3,(H,19,21). The molecule has 0 fully saturated rings. The van der Waals surface area contributed by atoms with E-state index in [1.54, 1.807) is 0 Å². The average molecular weight is 287 g/mol.